The summed E-state index contributed by atoms with van der Waals surface area (Å²) in [7, 11) is 0. The van der Waals surface area contributed by atoms with Crippen LogP contribution in [0.4, 0.5) is 0 Å². The zero-order valence-electron chi connectivity index (χ0n) is 14.6. The van der Waals surface area contributed by atoms with Crippen LogP contribution in [0.25, 0.3) is 6.08 Å². The number of nitrogens with two attached hydrogens (primary N) is 1. The lowest BCUT2D eigenvalue weighted by molar-refractivity contribution is -0.885. The van der Waals surface area contributed by atoms with Gasteiger partial charge in [-0.25, -0.2) is 0 Å². The van der Waals surface area contributed by atoms with Crippen molar-refractivity contribution in [1.29, 1.82) is 10.5 Å². The van der Waals surface area contributed by atoms with E-state index in [4.69, 9.17) is 28.9 Å². The fourth-order valence-electron chi connectivity index (χ4n) is 4.61. The number of carbonyl (C=O) groups excluding carboxylic acids is 1. The number of amides is 1. The van der Waals surface area contributed by atoms with Crippen molar-refractivity contribution >= 4 is 35.2 Å². The number of carbonyl (C=O) groups is 1. The molecule has 0 bridgehead atoms. The Morgan fingerprint density at radius 2 is 1.82 bits per heavy atom. The molecule has 2 aliphatic rings. The monoisotopic (exact) mass is 409 g/mol. The quantitative estimate of drug-likeness (QED) is 0.797. The van der Waals surface area contributed by atoms with E-state index in [0.717, 1.165) is 11.1 Å². The van der Waals surface area contributed by atoms with E-state index in [1.807, 2.05) is 36.5 Å². The van der Waals surface area contributed by atoms with Gasteiger partial charge in [0.15, 0.2) is 12.1 Å². The molecule has 1 fully saturated rings. The second-order valence-electron chi connectivity index (χ2n) is 7.01. The lowest BCUT2D eigenvalue weighted by Crippen LogP contribution is -3.12. The first-order chi connectivity index (χ1) is 13.4. The van der Waals surface area contributed by atoms with E-state index in [2.05, 4.69) is 12.1 Å². The van der Waals surface area contributed by atoms with Gasteiger partial charge in [0.25, 0.3) is 5.91 Å². The van der Waals surface area contributed by atoms with E-state index in [9.17, 15) is 15.3 Å². The van der Waals surface area contributed by atoms with Crippen LogP contribution in [0.2, 0.25) is 10.0 Å². The highest BCUT2D eigenvalue weighted by Crippen LogP contribution is 2.52. The molecule has 2 aromatic rings. The topological polar surface area (TPSA) is 95.1 Å². The molecule has 1 saturated heterocycles. The number of halogens is 2. The van der Waals surface area contributed by atoms with E-state index in [0.29, 0.717) is 20.5 Å². The summed E-state index contributed by atoms with van der Waals surface area (Å²) < 4.78 is 0. The average Bonchev–Trinajstić information content (AvgIpc) is 2.99. The Bertz CT molecular complexity index is 1080. The van der Waals surface area contributed by atoms with Crippen LogP contribution in [-0.2, 0) is 4.79 Å². The molecule has 0 spiro atoms. The summed E-state index contributed by atoms with van der Waals surface area (Å²) in [6.07, 6.45) is 3.71. The maximum atomic E-state index is 12.5. The van der Waals surface area contributed by atoms with Gasteiger partial charge >= 0.3 is 0 Å². The van der Waals surface area contributed by atoms with Crippen LogP contribution in [0.1, 0.15) is 28.7 Å². The molecule has 28 heavy (non-hydrogen) atoms. The van der Waals surface area contributed by atoms with Crippen molar-refractivity contribution in [2.45, 2.75) is 18.0 Å². The first-order valence-corrected chi connectivity index (χ1v) is 9.40. The molecular weight excluding hydrogens is 395 g/mol. The van der Waals surface area contributed by atoms with Crippen LogP contribution in [0.5, 0.6) is 0 Å². The first kappa shape index (κ1) is 18.5. The zero-order valence-corrected chi connectivity index (χ0v) is 16.1. The smallest absolute Gasteiger partial charge is 0.276 e. The molecule has 3 N–H and O–H groups in total. The molecule has 4 atom stereocenters. The predicted molar refractivity (Wildman–Crippen MR) is 105 cm³/mol. The second-order valence-corrected chi connectivity index (χ2v) is 7.86. The Kier molecular flexibility index (Phi) is 4.40. The number of nitrogens with zero attached hydrogens (tertiary/aromatic N) is 2. The molecular formula is C21H15Cl2N4O+. The van der Waals surface area contributed by atoms with Gasteiger partial charge in [-0.3, -0.25) is 9.69 Å². The third-order valence-corrected chi connectivity index (χ3v) is 6.27. The highest BCUT2D eigenvalue weighted by molar-refractivity contribution is 6.35. The van der Waals surface area contributed by atoms with Crippen molar-refractivity contribution in [3.05, 3.63) is 75.4 Å². The van der Waals surface area contributed by atoms with Gasteiger partial charge in [0, 0.05) is 15.6 Å². The molecule has 1 unspecified atom stereocenters. The standard InChI is InChI=1S/C21H14Cl2N4O/c22-13-5-6-15(16(23)9-13)17-18(20(26)28)27-8-7-12-3-1-2-4-14(12)19(27)21(17,10-24)11-25/h1-9,17-19H,(H2,26,28)/p+1/t17-,18+,19-/m1/s1. The van der Waals surface area contributed by atoms with Gasteiger partial charge < -0.3 is 5.73 Å². The summed E-state index contributed by atoms with van der Waals surface area (Å²) in [6.45, 7) is 0. The minimum atomic E-state index is -1.53. The van der Waals surface area contributed by atoms with E-state index in [1.165, 1.54) is 0 Å². The molecule has 2 aromatic carbocycles. The van der Waals surface area contributed by atoms with Crippen molar-refractivity contribution in [2.75, 3.05) is 0 Å². The third-order valence-electron chi connectivity index (χ3n) is 5.71. The van der Waals surface area contributed by atoms with Crippen LogP contribution in [0, 0.1) is 28.1 Å². The number of hydrogen-bond acceptors (Lipinski definition) is 3. The molecule has 138 valence electrons. The SMILES string of the molecule is N#CC1(C#N)[C@H](c2ccc(Cl)cc2Cl)[C@@H](C(N)=O)[NH+]2C=Cc3ccccc3[C@@H]21. The van der Waals surface area contributed by atoms with Gasteiger partial charge in [0.2, 0.25) is 5.41 Å². The fraction of sp³-hybridized carbons (Fsp3) is 0.190. The molecule has 0 radical (unpaired) electrons. The number of fused-ring (bicyclic) bond motifs is 3. The van der Waals surface area contributed by atoms with Crippen LogP contribution in [0.3, 0.4) is 0 Å². The molecule has 4 rings (SSSR count). The fourth-order valence-corrected chi connectivity index (χ4v) is 5.14. The summed E-state index contributed by atoms with van der Waals surface area (Å²) in [5.74, 6) is -1.40. The Morgan fingerprint density at radius 3 is 2.46 bits per heavy atom. The number of rotatable bonds is 2. The van der Waals surface area contributed by atoms with E-state index in [1.54, 1.807) is 18.2 Å². The second kappa shape index (κ2) is 6.65. The van der Waals surface area contributed by atoms with E-state index in [-0.39, 0.29) is 0 Å². The largest absolute Gasteiger partial charge is 0.364 e. The molecule has 2 heterocycles. The Morgan fingerprint density at radius 1 is 1.11 bits per heavy atom. The van der Waals surface area contributed by atoms with Crippen LogP contribution < -0.4 is 10.6 Å². The van der Waals surface area contributed by atoms with Gasteiger partial charge in [-0.1, -0.05) is 53.5 Å². The molecule has 7 heteroatoms. The molecule has 5 nitrogen and oxygen atoms in total. The third kappa shape index (κ3) is 2.45. The maximum absolute atomic E-state index is 12.5. The molecule has 0 saturated carbocycles. The predicted octanol–water partition coefficient (Wildman–Crippen LogP) is 2.59. The molecule has 1 amide bonds. The van der Waals surface area contributed by atoms with Crippen molar-refractivity contribution in [1.82, 2.24) is 0 Å². The Labute approximate surface area is 172 Å². The van der Waals surface area contributed by atoms with Gasteiger partial charge in [-0.15, -0.1) is 0 Å². The van der Waals surface area contributed by atoms with E-state index >= 15 is 0 Å². The van der Waals surface area contributed by atoms with Gasteiger partial charge in [-0.05, 0) is 29.3 Å². The van der Waals surface area contributed by atoms with Gasteiger partial charge in [0.1, 0.15) is 0 Å². The van der Waals surface area contributed by atoms with Gasteiger partial charge in [-0.2, -0.15) is 10.5 Å². The summed E-state index contributed by atoms with van der Waals surface area (Å²) in [5.41, 5.74) is 6.52. The number of quaternary nitrogens is 1. The van der Waals surface area contributed by atoms with Gasteiger partial charge in [0.05, 0.1) is 24.3 Å². The highest BCUT2D eigenvalue weighted by atomic mass is 35.5. The Balaban J connectivity index is 2.03. The zero-order chi connectivity index (χ0) is 20.1. The van der Waals surface area contributed by atoms with Crippen molar-refractivity contribution < 1.29 is 9.69 Å². The molecule has 0 aromatic heterocycles. The number of hydrogen-bond donors (Lipinski definition) is 2. The minimum Gasteiger partial charge on any atom is -0.364 e. The van der Waals surface area contributed by atoms with Crippen molar-refractivity contribution in [3.8, 4) is 12.1 Å². The number of benzene rings is 2. The summed E-state index contributed by atoms with van der Waals surface area (Å²) >= 11 is 12.5. The maximum Gasteiger partial charge on any atom is 0.276 e. The van der Waals surface area contributed by atoms with E-state index < -0.39 is 29.3 Å². The Hall–Kier alpha value is -2.83. The van der Waals surface area contributed by atoms with Crippen molar-refractivity contribution in [3.63, 3.8) is 0 Å². The summed E-state index contributed by atoms with van der Waals surface area (Å²) in [6, 6.07) is 15.5. The number of nitrogens with one attached hydrogen (secondary N) is 1. The number of primary amides is 1. The molecule has 0 aliphatic carbocycles. The molecule has 2 aliphatic heterocycles. The van der Waals surface area contributed by atoms with Crippen LogP contribution in [-0.4, -0.2) is 11.9 Å². The summed E-state index contributed by atoms with van der Waals surface area (Å²) in [5, 5.41) is 21.2. The van der Waals surface area contributed by atoms with Crippen molar-refractivity contribution in [2.24, 2.45) is 11.1 Å². The van der Waals surface area contributed by atoms with Crippen LogP contribution in [0.15, 0.2) is 48.7 Å². The highest BCUT2D eigenvalue weighted by Gasteiger charge is 2.68. The average molecular weight is 410 g/mol. The minimum absolute atomic E-state index is 0.301. The number of nitriles is 2. The summed E-state index contributed by atoms with van der Waals surface area (Å²) in [4.78, 5) is 13.2. The van der Waals surface area contributed by atoms with Crippen LogP contribution >= 0.6 is 23.2 Å². The lowest BCUT2D eigenvalue weighted by Gasteiger charge is -2.29. The lowest BCUT2D eigenvalue weighted by atomic mass is 9.68. The normalized spacial score (nSPS) is 26.6. The first-order valence-electron chi connectivity index (χ1n) is 8.65.